The Labute approximate surface area is 238 Å². The third-order valence-electron chi connectivity index (χ3n) is 6.42. The van der Waals surface area contributed by atoms with Crippen molar-refractivity contribution >= 4 is 23.8 Å². The van der Waals surface area contributed by atoms with Crippen LogP contribution in [-0.4, -0.2) is 55.7 Å². The number of nitrogens with two attached hydrogens (primary N) is 1. The van der Waals surface area contributed by atoms with Crippen molar-refractivity contribution < 1.29 is 33.0 Å². The molecule has 3 rings (SSSR count). The summed E-state index contributed by atoms with van der Waals surface area (Å²) in [5, 5.41) is 8.25. The van der Waals surface area contributed by atoms with Crippen LogP contribution >= 0.6 is 0 Å². The molecule has 1 heterocycles. The van der Waals surface area contributed by atoms with Gasteiger partial charge in [0.1, 0.15) is 31.1 Å². The zero-order valence-electron chi connectivity index (χ0n) is 22.9. The van der Waals surface area contributed by atoms with Gasteiger partial charge in [0.25, 0.3) is 0 Å². The van der Waals surface area contributed by atoms with Crippen molar-refractivity contribution in [3.63, 3.8) is 0 Å². The highest BCUT2D eigenvalue weighted by atomic mass is 19.1. The summed E-state index contributed by atoms with van der Waals surface area (Å²) in [6.07, 6.45) is 5.22. The van der Waals surface area contributed by atoms with Gasteiger partial charge in [-0.3, -0.25) is 14.4 Å². The number of halogens is 1. The Kier molecular flexibility index (Phi) is 12.8. The molecule has 2 aromatic rings. The van der Waals surface area contributed by atoms with Gasteiger partial charge in [-0.2, -0.15) is 0 Å². The lowest BCUT2D eigenvalue weighted by molar-refractivity contribution is -0.130. The molecule has 2 aromatic carbocycles. The van der Waals surface area contributed by atoms with Gasteiger partial charge in [-0.15, -0.1) is 0 Å². The van der Waals surface area contributed by atoms with Crippen LogP contribution in [0.4, 0.5) is 9.18 Å². The second-order valence-electron chi connectivity index (χ2n) is 9.73. The number of primary amides is 1. The maximum Gasteiger partial charge on any atom is 0.408 e. The van der Waals surface area contributed by atoms with Crippen molar-refractivity contribution in [2.24, 2.45) is 5.73 Å². The molecule has 0 radical (unpaired) electrons. The molecule has 0 bridgehead atoms. The molecule has 0 saturated carbocycles. The van der Waals surface area contributed by atoms with E-state index < -0.39 is 30.0 Å². The van der Waals surface area contributed by atoms with Crippen molar-refractivity contribution in [3.05, 3.63) is 83.2 Å². The summed E-state index contributed by atoms with van der Waals surface area (Å²) in [7, 11) is 0. The van der Waals surface area contributed by atoms with Gasteiger partial charge in [0.15, 0.2) is 0 Å². The number of hydrogen-bond acceptors (Lipinski definition) is 6. The molecule has 4 amide bonds. The molecule has 0 fully saturated rings. The highest BCUT2D eigenvalue weighted by Gasteiger charge is 2.27. The van der Waals surface area contributed by atoms with E-state index in [1.807, 2.05) is 30.3 Å². The van der Waals surface area contributed by atoms with E-state index in [2.05, 4.69) is 16.0 Å². The van der Waals surface area contributed by atoms with Gasteiger partial charge in [-0.25, -0.2) is 9.18 Å². The van der Waals surface area contributed by atoms with E-state index in [9.17, 15) is 23.6 Å². The molecular formula is C30H37FN4O6. The van der Waals surface area contributed by atoms with Gasteiger partial charge < -0.3 is 31.2 Å². The van der Waals surface area contributed by atoms with Gasteiger partial charge in [-0.1, -0.05) is 61.0 Å². The predicted octanol–water partition coefficient (Wildman–Crippen LogP) is 2.44. The quantitative estimate of drug-likeness (QED) is 0.242. The SMILES string of the molecule is NC(=O)COCc1ccc(F)c(CCCC[C@@H]2NC(=O)OC/C=C\CCNC(=O)[C@@H](Cc3ccccc3)NC2=O)c1. The molecule has 11 heteroatoms. The molecule has 1 aliphatic heterocycles. The van der Waals surface area contributed by atoms with Crippen LogP contribution in [0.5, 0.6) is 0 Å². The highest BCUT2D eigenvalue weighted by molar-refractivity contribution is 5.91. The number of hydrogen-bond donors (Lipinski definition) is 4. The number of ether oxygens (including phenoxy) is 2. The van der Waals surface area contributed by atoms with Crippen LogP contribution in [-0.2, 0) is 43.3 Å². The van der Waals surface area contributed by atoms with E-state index in [-0.39, 0.29) is 44.4 Å². The van der Waals surface area contributed by atoms with Crippen LogP contribution in [0.3, 0.4) is 0 Å². The van der Waals surface area contributed by atoms with E-state index >= 15 is 0 Å². The standard InChI is InChI=1S/C30H37FN4O6/c31-24-14-13-22(19-40-20-27(32)36)17-23(24)11-5-6-12-25-29(38)34-26(18-21-9-3-1-4-10-21)28(37)33-15-7-2-8-16-41-30(39)35-25/h1-4,8-10,13-14,17,25-26H,5-7,11-12,15-16,18-20H2,(H2,32,36)(H,33,37)(H,34,38)(H,35,39)/b8-2-/t25-,26+/m0/s1. The number of unbranched alkanes of at least 4 members (excludes halogenated alkanes) is 1. The van der Waals surface area contributed by atoms with Crippen LogP contribution in [0.2, 0.25) is 0 Å². The molecule has 10 nitrogen and oxygen atoms in total. The molecule has 220 valence electrons. The van der Waals surface area contributed by atoms with Crippen LogP contribution < -0.4 is 21.7 Å². The smallest absolute Gasteiger partial charge is 0.408 e. The van der Waals surface area contributed by atoms with E-state index in [0.29, 0.717) is 43.4 Å². The molecular weight excluding hydrogens is 531 g/mol. The third kappa shape index (κ3) is 11.4. The zero-order chi connectivity index (χ0) is 29.5. The molecule has 0 aliphatic carbocycles. The fourth-order valence-electron chi connectivity index (χ4n) is 4.34. The summed E-state index contributed by atoms with van der Waals surface area (Å²) in [5.74, 6) is -1.78. The van der Waals surface area contributed by atoms with Gasteiger partial charge in [-0.05, 0) is 48.4 Å². The average Bonchev–Trinajstić information content (AvgIpc) is 2.95. The number of aryl methyl sites for hydroxylation is 1. The number of rotatable bonds is 11. The normalized spacial score (nSPS) is 19.2. The lowest BCUT2D eigenvalue weighted by Gasteiger charge is -2.23. The Morgan fingerprint density at radius 2 is 1.78 bits per heavy atom. The van der Waals surface area contributed by atoms with Crippen LogP contribution in [0, 0.1) is 5.82 Å². The molecule has 0 aromatic heterocycles. The van der Waals surface area contributed by atoms with Crippen molar-refractivity contribution in [2.45, 2.75) is 57.2 Å². The summed E-state index contributed by atoms with van der Waals surface area (Å²) in [4.78, 5) is 49.5. The van der Waals surface area contributed by atoms with Crippen molar-refractivity contribution in [3.8, 4) is 0 Å². The first-order valence-corrected chi connectivity index (χ1v) is 13.7. The first-order valence-electron chi connectivity index (χ1n) is 13.7. The molecule has 41 heavy (non-hydrogen) atoms. The van der Waals surface area contributed by atoms with Crippen molar-refractivity contribution in [1.82, 2.24) is 16.0 Å². The summed E-state index contributed by atoms with van der Waals surface area (Å²) in [5.41, 5.74) is 7.13. The third-order valence-corrected chi connectivity index (χ3v) is 6.42. The Morgan fingerprint density at radius 3 is 2.56 bits per heavy atom. The minimum atomic E-state index is -0.959. The Morgan fingerprint density at radius 1 is 0.976 bits per heavy atom. The van der Waals surface area contributed by atoms with Crippen molar-refractivity contribution in [2.75, 3.05) is 19.8 Å². The minimum absolute atomic E-state index is 0.0313. The van der Waals surface area contributed by atoms with E-state index in [4.69, 9.17) is 15.2 Å². The summed E-state index contributed by atoms with van der Waals surface area (Å²) in [6, 6.07) is 12.1. The largest absolute Gasteiger partial charge is 0.445 e. The fourth-order valence-corrected chi connectivity index (χ4v) is 4.34. The molecule has 0 spiro atoms. The van der Waals surface area contributed by atoms with Crippen LogP contribution in [0.15, 0.2) is 60.7 Å². The van der Waals surface area contributed by atoms with E-state index in [1.54, 1.807) is 24.3 Å². The number of nitrogens with one attached hydrogen (secondary N) is 3. The number of carbonyl (C=O) groups excluding carboxylic acids is 4. The van der Waals surface area contributed by atoms with Gasteiger partial charge in [0.05, 0.1) is 6.61 Å². The zero-order valence-corrected chi connectivity index (χ0v) is 22.9. The maximum absolute atomic E-state index is 14.4. The van der Waals surface area contributed by atoms with Gasteiger partial charge >= 0.3 is 6.09 Å². The van der Waals surface area contributed by atoms with Crippen molar-refractivity contribution in [1.29, 1.82) is 0 Å². The summed E-state index contributed by atoms with van der Waals surface area (Å²) >= 11 is 0. The second-order valence-corrected chi connectivity index (χ2v) is 9.73. The lowest BCUT2D eigenvalue weighted by Crippen LogP contribution is -2.54. The van der Waals surface area contributed by atoms with E-state index in [1.165, 1.54) is 6.07 Å². The molecule has 1 aliphatic rings. The predicted molar refractivity (Wildman–Crippen MR) is 150 cm³/mol. The number of benzene rings is 2. The topological polar surface area (TPSA) is 149 Å². The fraction of sp³-hybridized carbons (Fsp3) is 0.400. The summed E-state index contributed by atoms with van der Waals surface area (Å²) in [6.45, 7) is 0.303. The number of cyclic esters (lactones) is 1. The summed E-state index contributed by atoms with van der Waals surface area (Å²) < 4.78 is 24.8. The van der Waals surface area contributed by atoms with Gasteiger partial charge in [0.2, 0.25) is 17.7 Å². The number of alkyl carbamates (subject to hydrolysis) is 1. The minimum Gasteiger partial charge on any atom is -0.445 e. The second kappa shape index (κ2) is 16.8. The molecule has 0 unspecified atom stereocenters. The first-order chi connectivity index (χ1) is 19.8. The lowest BCUT2D eigenvalue weighted by atomic mass is 10.0. The monoisotopic (exact) mass is 568 g/mol. The molecule has 2 atom stereocenters. The number of amides is 4. The maximum atomic E-state index is 14.4. The molecule has 5 N–H and O–H groups in total. The number of carbonyl (C=O) groups is 4. The van der Waals surface area contributed by atoms with Crippen LogP contribution in [0.1, 0.15) is 42.4 Å². The Hall–Kier alpha value is -4.25. The van der Waals surface area contributed by atoms with Gasteiger partial charge in [0, 0.05) is 13.0 Å². The first kappa shape index (κ1) is 31.3. The Bertz CT molecular complexity index is 1210. The average molecular weight is 569 g/mol. The Balaban J connectivity index is 1.64. The highest BCUT2D eigenvalue weighted by Crippen LogP contribution is 2.16. The van der Waals surface area contributed by atoms with Crippen LogP contribution in [0.25, 0.3) is 0 Å². The van der Waals surface area contributed by atoms with E-state index in [0.717, 1.165) is 5.56 Å². The molecule has 0 saturated heterocycles.